The van der Waals surface area contributed by atoms with Gasteiger partial charge >= 0.3 is 12.1 Å². The molecule has 2 N–H and O–H groups in total. The first kappa shape index (κ1) is 23.4. The second-order valence-corrected chi connectivity index (χ2v) is 8.03. The molecule has 0 aliphatic heterocycles. The largest absolute Gasteiger partial charge is 0.465 e. The fourth-order valence-electron chi connectivity index (χ4n) is 2.53. The predicted octanol–water partition coefficient (Wildman–Crippen LogP) is 3.11. The van der Waals surface area contributed by atoms with Gasteiger partial charge in [0, 0.05) is 5.69 Å². The number of alkyl halides is 3. The van der Waals surface area contributed by atoms with Gasteiger partial charge in [-0.3, -0.25) is 4.79 Å². The molecule has 0 radical (unpaired) electrons. The fourth-order valence-corrected chi connectivity index (χ4v) is 3.96. The van der Waals surface area contributed by atoms with Crippen molar-refractivity contribution in [1.29, 1.82) is 0 Å². The smallest absolute Gasteiger partial charge is 0.417 e. The number of nitrogens with one attached hydrogen (secondary N) is 2. The third kappa shape index (κ3) is 5.36. The molecule has 7 nitrogen and oxygen atoms in total. The third-order valence-corrected chi connectivity index (χ3v) is 5.72. The van der Waals surface area contributed by atoms with Crippen molar-refractivity contribution in [3.63, 3.8) is 0 Å². The Morgan fingerprint density at radius 1 is 1.10 bits per heavy atom. The molecule has 0 bridgehead atoms. The zero-order valence-electron chi connectivity index (χ0n) is 16.2. The first-order valence-corrected chi connectivity index (χ1v) is 10.0. The molecule has 0 saturated carbocycles. The van der Waals surface area contributed by atoms with E-state index in [-0.39, 0.29) is 11.3 Å². The van der Waals surface area contributed by atoms with Crippen molar-refractivity contribution in [1.82, 2.24) is 4.72 Å². The minimum absolute atomic E-state index is 0.158. The van der Waals surface area contributed by atoms with Gasteiger partial charge in [-0.1, -0.05) is 18.2 Å². The first-order chi connectivity index (χ1) is 13.9. The highest BCUT2D eigenvalue weighted by atomic mass is 32.2. The van der Waals surface area contributed by atoms with E-state index in [0.29, 0.717) is 11.6 Å². The van der Waals surface area contributed by atoms with Crippen molar-refractivity contribution in [2.75, 3.05) is 12.4 Å². The molecule has 30 heavy (non-hydrogen) atoms. The fraction of sp³-hybridized carbons (Fsp3) is 0.263. The van der Waals surface area contributed by atoms with E-state index in [9.17, 15) is 31.2 Å². The molecule has 1 amide bonds. The number of amides is 1. The van der Waals surface area contributed by atoms with Gasteiger partial charge in [0.2, 0.25) is 15.9 Å². The van der Waals surface area contributed by atoms with E-state index in [2.05, 4.69) is 10.1 Å². The van der Waals surface area contributed by atoms with E-state index in [1.165, 1.54) is 26.2 Å². The van der Waals surface area contributed by atoms with Crippen LogP contribution in [0.4, 0.5) is 18.9 Å². The molecule has 0 aliphatic carbocycles. The zero-order valence-corrected chi connectivity index (χ0v) is 17.0. The number of benzene rings is 2. The standard InChI is InChI=1S/C19H19F3N2O5S/c1-11-8-9-13(18(26)29-3)10-15(11)23-17(25)12(2)24-30(27,28)16-7-5-4-6-14(16)19(20,21)22/h4-10,12,24H,1-3H3,(H,23,25). The van der Waals surface area contributed by atoms with Crippen molar-refractivity contribution < 1.29 is 35.9 Å². The summed E-state index contributed by atoms with van der Waals surface area (Å²) >= 11 is 0. The molecule has 0 fully saturated rings. The second kappa shape index (κ2) is 8.84. The van der Waals surface area contributed by atoms with Gasteiger partial charge < -0.3 is 10.1 Å². The number of methoxy groups -OCH3 is 1. The average molecular weight is 444 g/mol. The van der Waals surface area contributed by atoms with E-state index in [0.717, 1.165) is 18.2 Å². The molecular formula is C19H19F3N2O5S. The Morgan fingerprint density at radius 2 is 1.73 bits per heavy atom. The Balaban J connectivity index is 2.24. The molecule has 0 saturated heterocycles. The van der Waals surface area contributed by atoms with E-state index in [4.69, 9.17) is 0 Å². The summed E-state index contributed by atoms with van der Waals surface area (Å²) in [7, 11) is -3.46. The Kier molecular flexibility index (Phi) is 6.88. The summed E-state index contributed by atoms with van der Waals surface area (Å²) in [5.41, 5.74) is -0.379. The highest BCUT2D eigenvalue weighted by Gasteiger charge is 2.37. The van der Waals surface area contributed by atoms with Crippen molar-refractivity contribution in [2.45, 2.75) is 31.0 Å². The van der Waals surface area contributed by atoms with Gasteiger partial charge in [-0.15, -0.1) is 0 Å². The van der Waals surface area contributed by atoms with Crippen LogP contribution in [0.1, 0.15) is 28.4 Å². The van der Waals surface area contributed by atoms with Gasteiger partial charge in [0.25, 0.3) is 0 Å². The van der Waals surface area contributed by atoms with Crippen LogP contribution in [0.3, 0.4) is 0 Å². The second-order valence-electron chi connectivity index (χ2n) is 6.35. The summed E-state index contributed by atoms with van der Waals surface area (Å²) in [6.45, 7) is 2.83. The number of carbonyl (C=O) groups is 2. The molecule has 1 atom stereocenters. The lowest BCUT2D eigenvalue weighted by molar-refractivity contribution is -0.139. The number of hydrogen-bond acceptors (Lipinski definition) is 5. The minimum atomic E-state index is -4.89. The molecule has 11 heteroatoms. The molecule has 0 heterocycles. The lowest BCUT2D eigenvalue weighted by Crippen LogP contribution is -2.42. The van der Waals surface area contributed by atoms with E-state index in [1.807, 2.05) is 4.72 Å². The van der Waals surface area contributed by atoms with Crippen molar-refractivity contribution in [2.24, 2.45) is 0 Å². The number of anilines is 1. The highest BCUT2D eigenvalue weighted by molar-refractivity contribution is 7.89. The SMILES string of the molecule is COC(=O)c1ccc(C)c(NC(=O)C(C)NS(=O)(=O)c2ccccc2C(F)(F)F)c1. The maximum absolute atomic E-state index is 13.1. The number of sulfonamides is 1. The Bertz CT molecular complexity index is 1070. The number of rotatable bonds is 6. The van der Waals surface area contributed by atoms with Crippen molar-refractivity contribution in [3.05, 3.63) is 59.2 Å². The van der Waals surface area contributed by atoms with Crippen LogP contribution in [0, 0.1) is 6.92 Å². The lowest BCUT2D eigenvalue weighted by atomic mass is 10.1. The number of halogens is 3. The van der Waals surface area contributed by atoms with E-state index in [1.54, 1.807) is 13.0 Å². The van der Waals surface area contributed by atoms with Crippen molar-refractivity contribution in [3.8, 4) is 0 Å². The van der Waals surface area contributed by atoms with Gasteiger partial charge in [0.05, 0.1) is 29.2 Å². The first-order valence-electron chi connectivity index (χ1n) is 8.55. The average Bonchev–Trinajstić information content (AvgIpc) is 2.68. The Morgan fingerprint density at radius 3 is 2.33 bits per heavy atom. The quantitative estimate of drug-likeness (QED) is 0.667. The van der Waals surface area contributed by atoms with Crippen LogP contribution in [-0.2, 0) is 25.7 Å². The topological polar surface area (TPSA) is 102 Å². The van der Waals surface area contributed by atoms with Gasteiger partial charge in [-0.05, 0) is 43.7 Å². The number of hydrogen-bond donors (Lipinski definition) is 2. The van der Waals surface area contributed by atoms with E-state index < -0.39 is 44.6 Å². The van der Waals surface area contributed by atoms with Crippen LogP contribution in [0.5, 0.6) is 0 Å². The van der Waals surface area contributed by atoms with Crippen LogP contribution in [0.2, 0.25) is 0 Å². The van der Waals surface area contributed by atoms with Crippen LogP contribution in [0.25, 0.3) is 0 Å². The molecular weight excluding hydrogens is 425 g/mol. The molecule has 2 aromatic carbocycles. The number of ether oxygens (including phenoxy) is 1. The number of carbonyl (C=O) groups excluding carboxylic acids is 2. The number of aryl methyl sites for hydroxylation is 1. The zero-order chi connectivity index (χ0) is 22.7. The van der Waals surface area contributed by atoms with Crippen LogP contribution < -0.4 is 10.0 Å². The third-order valence-electron chi connectivity index (χ3n) is 4.12. The highest BCUT2D eigenvalue weighted by Crippen LogP contribution is 2.34. The molecule has 2 aromatic rings. The predicted molar refractivity (Wildman–Crippen MR) is 102 cm³/mol. The van der Waals surface area contributed by atoms with Crippen molar-refractivity contribution >= 4 is 27.6 Å². The molecule has 0 aromatic heterocycles. The summed E-state index contributed by atoms with van der Waals surface area (Å²) < 4.78 is 70.9. The normalized spacial score (nSPS) is 12.9. The van der Waals surface area contributed by atoms with Gasteiger partial charge in [0.1, 0.15) is 0 Å². The van der Waals surface area contributed by atoms with Gasteiger partial charge in [0.15, 0.2) is 0 Å². The summed E-state index contributed by atoms with van der Waals surface area (Å²) in [6.07, 6.45) is -4.89. The Labute approximate surface area is 171 Å². The summed E-state index contributed by atoms with van der Waals surface area (Å²) in [5.74, 6) is -1.46. The minimum Gasteiger partial charge on any atom is -0.465 e. The van der Waals surface area contributed by atoms with E-state index >= 15 is 0 Å². The lowest BCUT2D eigenvalue weighted by Gasteiger charge is -2.18. The molecule has 0 spiro atoms. The summed E-state index contributed by atoms with van der Waals surface area (Å²) in [6, 6.07) is 6.64. The number of esters is 1. The monoisotopic (exact) mass is 444 g/mol. The van der Waals surface area contributed by atoms with Crippen LogP contribution in [-0.4, -0.2) is 33.4 Å². The molecule has 162 valence electrons. The maximum Gasteiger partial charge on any atom is 0.417 e. The van der Waals surface area contributed by atoms with Crippen LogP contribution >= 0.6 is 0 Å². The van der Waals surface area contributed by atoms with Crippen LogP contribution in [0.15, 0.2) is 47.4 Å². The molecule has 1 unspecified atom stereocenters. The Hall–Kier alpha value is -2.92. The maximum atomic E-state index is 13.1. The van der Waals surface area contributed by atoms with Gasteiger partial charge in [-0.2, -0.15) is 17.9 Å². The summed E-state index contributed by atoms with van der Waals surface area (Å²) in [5, 5.41) is 2.45. The molecule has 0 aliphatic rings. The van der Waals surface area contributed by atoms with Gasteiger partial charge in [-0.25, -0.2) is 13.2 Å². The molecule has 2 rings (SSSR count). The summed E-state index contributed by atoms with van der Waals surface area (Å²) in [4.78, 5) is 23.1.